The van der Waals surface area contributed by atoms with E-state index >= 15 is 0 Å². The van der Waals surface area contributed by atoms with Crippen LogP contribution in [0.1, 0.15) is 27.2 Å². The van der Waals surface area contributed by atoms with Gasteiger partial charge in [-0.2, -0.15) is 5.26 Å². The van der Waals surface area contributed by atoms with Gasteiger partial charge in [0.2, 0.25) is 5.78 Å². The second-order valence-corrected chi connectivity index (χ2v) is 4.99. The molecule has 22 heavy (non-hydrogen) atoms. The van der Waals surface area contributed by atoms with Gasteiger partial charge in [-0.05, 0) is 36.8 Å². The van der Waals surface area contributed by atoms with Gasteiger partial charge in [0, 0.05) is 10.9 Å². The Kier molecular flexibility index (Phi) is 3.59. The lowest BCUT2D eigenvalue weighted by atomic mass is 10.1. The highest BCUT2D eigenvalue weighted by Crippen LogP contribution is 2.25. The summed E-state index contributed by atoms with van der Waals surface area (Å²) in [4.78, 5) is 12.3. The maximum absolute atomic E-state index is 12.3. The van der Waals surface area contributed by atoms with E-state index in [-0.39, 0.29) is 5.78 Å². The second kappa shape index (κ2) is 5.71. The Labute approximate surface area is 128 Å². The number of rotatable bonds is 3. The zero-order chi connectivity index (χ0) is 15.5. The third kappa shape index (κ3) is 2.55. The van der Waals surface area contributed by atoms with Crippen molar-refractivity contribution in [2.45, 2.75) is 6.92 Å². The molecule has 0 saturated carbocycles. The Balaban J connectivity index is 1.91. The van der Waals surface area contributed by atoms with Gasteiger partial charge in [-0.3, -0.25) is 4.79 Å². The molecule has 0 fully saturated rings. The number of nitriles is 1. The van der Waals surface area contributed by atoms with Gasteiger partial charge in [0.15, 0.2) is 5.76 Å². The predicted molar refractivity (Wildman–Crippen MR) is 85.5 cm³/mol. The highest BCUT2D eigenvalue weighted by Gasteiger charge is 2.14. The number of carbonyl (C=O) groups is 1. The topological polar surface area (TPSA) is 54.0 Å². The largest absolute Gasteiger partial charge is 0.452 e. The summed E-state index contributed by atoms with van der Waals surface area (Å²) in [6.45, 7) is 1.88. The normalized spacial score (nSPS) is 10.9. The molecule has 3 heteroatoms. The lowest BCUT2D eigenvalue weighted by Crippen LogP contribution is -1.94. The third-order valence-corrected chi connectivity index (χ3v) is 3.51. The molecule has 0 aliphatic rings. The molecular weight excluding hydrogens is 274 g/mol. The van der Waals surface area contributed by atoms with E-state index in [1.807, 2.05) is 37.3 Å². The van der Waals surface area contributed by atoms with E-state index in [2.05, 4.69) is 6.07 Å². The van der Waals surface area contributed by atoms with Crippen molar-refractivity contribution in [2.24, 2.45) is 0 Å². The minimum Gasteiger partial charge on any atom is -0.452 e. The van der Waals surface area contributed by atoms with Crippen molar-refractivity contribution in [3.05, 3.63) is 77.1 Å². The number of ketones is 1. The van der Waals surface area contributed by atoms with Crippen LogP contribution in [0, 0.1) is 18.3 Å². The molecule has 0 amide bonds. The molecule has 0 N–H and O–H groups in total. The lowest BCUT2D eigenvalue weighted by Gasteiger charge is -1.94. The van der Waals surface area contributed by atoms with Crippen LogP contribution in [0.25, 0.3) is 17.0 Å². The van der Waals surface area contributed by atoms with Crippen LogP contribution in [0.4, 0.5) is 0 Å². The molecule has 0 aliphatic carbocycles. The van der Waals surface area contributed by atoms with Gasteiger partial charge >= 0.3 is 0 Å². The van der Waals surface area contributed by atoms with Crippen LogP contribution in [0.15, 0.2) is 59.0 Å². The Morgan fingerprint density at radius 3 is 2.77 bits per heavy atom. The van der Waals surface area contributed by atoms with Crippen LogP contribution in [-0.4, -0.2) is 5.78 Å². The summed E-state index contributed by atoms with van der Waals surface area (Å²) < 4.78 is 5.64. The molecule has 3 rings (SSSR count). The molecule has 0 radical (unpaired) electrons. The van der Waals surface area contributed by atoms with E-state index < -0.39 is 0 Å². The van der Waals surface area contributed by atoms with Gasteiger partial charge in [0.25, 0.3) is 0 Å². The molecule has 3 nitrogen and oxygen atoms in total. The Morgan fingerprint density at radius 2 is 2.00 bits per heavy atom. The fraction of sp³-hybridized carbons (Fsp3) is 0.0526. The van der Waals surface area contributed by atoms with Crippen LogP contribution in [-0.2, 0) is 0 Å². The summed E-state index contributed by atoms with van der Waals surface area (Å²) in [5, 5.41) is 9.83. The Bertz CT molecular complexity index is 926. The maximum atomic E-state index is 12.3. The molecular formula is C19H13NO2. The minimum atomic E-state index is -0.184. The summed E-state index contributed by atoms with van der Waals surface area (Å²) in [6.07, 6.45) is 3.16. The molecule has 106 valence electrons. The number of para-hydroxylation sites is 1. The van der Waals surface area contributed by atoms with E-state index in [0.29, 0.717) is 16.9 Å². The van der Waals surface area contributed by atoms with Crippen molar-refractivity contribution in [1.82, 2.24) is 0 Å². The predicted octanol–water partition coefficient (Wildman–Crippen LogP) is 4.51. The molecule has 0 unspecified atom stereocenters. The van der Waals surface area contributed by atoms with Crippen LogP contribution < -0.4 is 0 Å². The molecule has 1 aromatic heterocycles. The standard InChI is InChI=1S/C19H13NO2/c1-13-16-7-2-3-8-18(16)22-19(13)17(21)10-9-14-5-4-6-15(11-14)12-20/h2-11H,1H3/b10-9+. The van der Waals surface area contributed by atoms with Crippen molar-refractivity contribution >= 4 is 22.8 Å². The van der Waals surface area contributed by atoms with E-state index in [9.17, 15) is 4.79 Å². The Morgan fingerprint density at radius 1 is 1.18 bits per heavy atom. The molecule has 0 saturated heterocycles. The first-order chi connectivity index (χ1) is 10.7. The van der Waals surface area contributed by atoms with E-state index in [1.54, 1.807) is 24.3 Å². The zero-order valence-electron chi connectivity index (χ0n) is 12.0. The van der Waals surface area contributed by atoms with Gasteiger partial charge in [0.1, 0.15) is 5.58 Å². The van der Waals surface area contributed by atoms with Gasteiger partial charge in [-0.15, -0.1) is 0 Å². The monoisotopic (exact) mass is 287 g/mol. The van der Waals surface area contributed by atoms with E-state index in [4.69, 9.17) is 9.68 Å². The van der Waals surface area contributed by atoms with Crippen LogP contribution in [0.5, 0.6) is 0 Å². The van der Waals surface area contributed by atoms with Crippen molar-refractivity contribution in [1.29, 1.82) is 5.26 Å². The van der Waals surface area contributed by atoms with Gasteiger partial charge in [-0.1, -0.05) is 36.4 Å². The first-order valence-electron chi connectivity index (χ1n) is 6.90. The highest BCUT2D eigenvalue weighted by atomic mass is 16.3. The van der Waals surface area contributed by atoms with Crippen LogP contribution >= 0.6 is 0 Å². The van der Waals surface area contributed by atoms with Crippen molar-refractivity contribution < 1.29 is 9.21 Å². The smallest absolute Gasteiger partial charge is 0.221 e. The first-order valence-corrected chi connectivity index (χ1v) is 6.90. The number of nitrogens with zero attached hydrogens (tertiary/aromatic N) is 1. The molecule has 0 aliphatic heterocycles. The number of carbonyl (C=O) groups excluding carboxylic acids is 1. The average Bonchev–Trinajstić information content (AvgIpc) is 2.90. The van der Waals surface area contributed by atoms with Crippen molar-refractivity contribution in [2.75, 3.05) is 0 Å². The zero-order valence-corrected chi connectivity index (χ0v) is 12.0. The van der Waals surface area contributed by atoms with E-state index in [0.717, 1.165) is 16.5 Å². The number of aryl methyl sites for hydroxylation is 1. The van der Waals surface area contributed by atoms with E-state index in [1.165, 1.54) is 6.08 Å². The average molecular weight is 287 g/mol. The third-order valence-electron chi connectivity index (χ3n) is 3.51. The van der Waals surface area contributed by atoms with Crippen LogP contribution in [0.2, 0.25) is 0 Å². The summed E-state index contributed by atoms with van der Waals surface area (Å²) in [5.74, 6) is 0.171. The number of fused-ring (bicyclic) bond motifs is 1. The second-order valence-electron chi connectivity index (χ2n) is 4.99. The highest BCUT2D eigenvalue weighted by molar-refractivity contribution is 6.08. The first kappa shape index (κ1) is 13.8. The molecule has 0 atom stereocenters. The van der Waals surface area contributed by atoms with Crippen LogP contribution in [0.3, 0.4) is 0 Å². The van der Waals surface area contributed by atoms with Crippen molar-refractivity contribution in [3.63, 3.8) is 0 Å². The molecule has 1 heterocycles. The lowest BCUT2D eigenvalue weighted by molar-refractivity contribution is 0.102. The van der Waals surface area contributed by atoms with Crippen molar-refractivity contribution in [3.8, 4) is 6.07 Å². The number of hydrogen-bond acceptors (Lipinski definition) is 3. The summed E-state index contributed by atoms with van der Waals surface area (Å²) >= 11 is 0. The number of hydrogen-bond donors (Lipinski definition) is 0. The fourth-order valence-electron chi connectivity index (χ4n) is 2.37. The summed E-state index contributed by atoms with van der Waals surface area (Å²) in [5.41, 5.74) is 2.93. The fourth-order valence-corrected chi connectivity index (χ4v) is 2.37. The van der Waals surface area contributed by atoms with Gasteiger partial charge in [-0.25, -0.2) is 0 Å². The minimum absolute atomic E-state index is 0.184. The summed E-state index contributed by atoms with van der Waals surface area (Å²) in [6, 6.07) is 16.7. The number of benzene rings is 2. The molecule has 2 aromatic carbocycles. The van der Waals surface area contributed by atoms with Gasteiger partial charge in [0.05, 0.1) is 11.6 Å². The SMILES string of the molecule is Cc1c(C(=O)/C=C/c2cccc(C#N)c2)oc2ccccc12. The molecule has 3 aromatic rings. The Hall–Kier alpha value is -3.12. The number of allylic oxidation sites excluding steroid dienone is 1. The quantitative estimate of drug-likeness (QED) is 0.526. The van der Waals surface area contributed by atoms with Gasteiger partial charge < -0.3 is 4.42 Å². The number of furan rings is 1. The summed E-state index contributed by atoms with van der Waals surface area (Å²) in [7, 11) is 0. The molecule has 0 bridgehead atoms. The molecule has 0 spiro atoms. The maximum Gasteiger partial charge on any atom is 0.221 e.